The molecule has 0 saturated carbocycles. The third-order valence-corrected chi connectivity index (χ3v) is 4.84. The second-order valence-electron chi connectivity index (χ2n) is 6.75. The van der Waals surface area contributed by atoms with E-state index in [0.717, 1.165) is 17.7 Å². The molecule has 8 heteroatoms. The third-order valence-electron chi connectivity index (χ3n) is 4.84. The predicted octanol–water partition coefficient (Wildman–Crippen LogP) is 1.67. The molecule has 2 aliphatic rings. The Hall–Kier alpha value is -3.55. The van der Waals surface area contributed by atoms with Gasteiger partial charge in [0.2, 0.25) is 6.79 Å². The van der Waals surface area contributed by atoms with Crippen LogP contribution in [0.2, 0.25) is 0 Å². The van der Waals surface area contributed by atoms with Crippen molar-refractivity contribution in [3.8, 4) is 11.5 Å². The van der Waals surface area contributed by atoms with Gasteiger partial charge in [-0.1, -0.05) is 18.2 Å². The fourth-order valence-electron chi connectivity index (χ4n) is 3.37. The first kappa shape index (κ1) is 18.8. The maximum atomic E-state index is 12.6. The zero-order valence-corrected chi connectivity index (χ0v) is 15.8. The topological polar surface area (TPSA) is 94.2 Å². The van der Waals surface area contributed by atoms with E-state index in [9.17, 15) is 14.4 Å². The van der Waals surface area contributed by atoms with Crippen LogP contribution in [0.25, 0.3) is 0 Å². The fraction of sp³-hybridized carbons (Fsp3) is 0.286. The SMILES string of the molecule is C[C@@H](OC(=O)CNC(=O)c1ccc2c(c1)OCO2)C(=O)N1CCc2ccccc21. The van der Waals surface area contributed by atoms with Crippen molar-refractivity contribution in [3.63, 3.8) is 0 Å². The summed E-state index contributed by atoms with van der Waals surface area (Å²) in [7, 11) is 0. The Morgan fingerprint density at radius 2 is 1.93 bits per heavy atom. The lowest BCUT2D eigenvalue weighted by atomic mass is 10.2. The van der Waals surface area contributed by atoms with Crippen molar-refractivity contribution < 1.29 is 28.6 Å². The quantitative estimate of drug-likeness (QED) is 0.773. The molecular weight excluding hydrogens is 376 g/mol. The number of hydrogen-bond donors (Lipinski definition) is 1. The van der Waals surface area contributed by atoms with E-state index in [0.29, 0.717) is 23.6 Å². The van der Waals surface area contributed by atoms with Crippen LogP contribution in [0.15, 0.2) is 42.5 Å². The van der Waals surface area contributed by atoms with Gasteiger partial charge in [-0.3, -0.25) is 14.4 Å². The Morgan fingerprint density at radius 3 is 2.79 bits per heavy atom. The van der Waals surface area contributed by atoms with Crippen molar-refractivity contribution in [2.45, 2.75) is 19.4 Å². The summed E-state index contributed by atoms with van der Waals surface area (Å²) in [5, 5.41) is 2.48. The molecule has 4 rings (SSSR count). The maximum absolute atomic E-state index is 12.6. The van der Waals surface area contributed by atoms with Gasteiger partial charge in [0.15, 0.2) is 17.6 Å². The molecule has 8 nitrogen and oxygen atoms in total. The van der Waals surface area contributed by atoms with Gasteiger partial charge in [-0.2, -0.15) is 0 Å². The first-order chi connectivity index (χ1) is 14.0. The Labute approximate surface area is 167 Å². The molecule has 2 heterocycles. The molecule has 0 unspecified atom stereocenters. The lowest BCUT2D eigenvalue weighted by molar-refractivity contribution is -0.152. The molecule has 1 N–H and O–H groups in total. The minimum absolute atomic E-state index is 0.111. The van der Waals surface area contributed by atoms with Gasteiger partial charge in [0.1, 0.15) is 6.54 Å². The standard InChI is InChI=1S/C21H20N2O6/c1-13(21(26)23-9-8-14-4-2-3-5-16(14)23)29-19(24)11-22-20(25)15-6-7-17-18(10-15)28-12-27-17/h2-7,10,13H,8-9,11-12H2,1H3,(H,22,25)/t13-/m1/s1. The molecule has 0 fully saturated rings. The highest BCUT2D eigenvalue weighted by molar-refractivity contribution is 6.00. The number of carbonyl (C=O) groups excluding carboxylic acids is 3. The monoisotopic (exact) mass is 396 g/mol. The van der Waals surface area contributed by atoms with Gasteiger partial charge in [0.05, 0.1) is 0 Å². The average Bonchev–Trinajstić information content (AvgIpc) is 3.37. The number of benzene rings is 2. The van der Waals surface area contributed by atoms with Gasteiger partial charge in [-0.15, -0.1) is 0 Å². The summed E-state index contributed by atoms with van der Waals surface area (Å²) in [4.78, 5) is 38.6. The minimum atomic E-state index is -0.948. The fourth-order valence-corrected chi connectivity index (χ4v) is 3.37. The molecule has 150 valence electrons. The molecule has 2 amide bonds. The number of para-hydroxylation sites is 1. The van der Waals surface area contributed by atoms with Crippen LogP contribution in [0.5, 0.6) is 11.5 Å². The van der Waals surface area contributed by atoms with Gasteiger partial charge < -0.3 is 24.4 Å². The van der Waals surface area contributed by atoms with Gasteiger partial charge >= 0.3 is 5.97 Å². The number of carbonyl (C=O) groups is 3. The molecule has 1 atom stereocenters. The van der Waals surface area contributed by atoms with Crippen LogP contribution >= 0.6 is 0 Å². The molecule has 29 heavy (non-hydrogen) atoms. The summed E-state index contributed by atoms with van der Waals surface area (Å²) in [6, 6.07) is 12.4. The second kappa shape index (κ2) is 7.83. The molecule has 0 aromatic heterocycles. The number of anilines is 1. The molecule has 2 aliphatic heterocycles. The van der Waals surface area contributed by atoms with E-state index in [-0.39, 0.29) is 19.2 Å². The van der Waals surface area contributed by atoms with Crippen LogP contribution in [-0.4, -0.2) is 43.8 Å². The van der Waals surface area contributed by atoms with E-state index in [1.807, 2.05) is 24.3 Å². The normalized spacial score (nSPS) is 14.9. The Morgan fingerprint density at radius 1 is 1.14 bits per heavy atom. The first-order valence-corrected chi connectivity index (χ1v) is 9.29. The number of nitrogens with zero attached hydrogens (tertiary/aromatic N) is 1. The number of hydrogen-bond acceptors (Lipinski definition) is 6. The molecule has 0 spiro atoms. The molecular formula is C21H20N2O6. The van der Waals surface area contributed by atoms with Crippen molar-refractivity contribution in [2.24, 2.45) is 0 Å². The van der Waals surface area contributed by atoms with E-state index in [1.54, 1.807) is 23.1 Å². The Bertz CT molecular complexity index is 973. The van der Waals surface area contributed by atoms with E-state index < -0.39 is 18.0 Å². The van der Waals surface area contributed by atoms with E-state index in [2.05, 4.69) is 5.32 Å². The highest BCUT2D eigenvalue weighted by atomic mass is 16.7. The average molecular weight is 396 g/mol. The van der Waals surface area contributed by atoms with Crippen LogP contribution in [-0.2, 0) is 20.7 Å². The van der Waals surface area contributed by atoms with Gasteiger partial charge in [-0.25, -0.2) is 0 Å². The molecule has 0 aliphatic carbocycles. The smallest absolute Gasteiger partial charge is 0.326 e. The number of nitrogens with one attached hydrogen (secondary N) is 1. The summed E-state index contributed by atoms with van der Waals surface area (Å²) in [5.41, 5.74) is 2.27. The highest BCUT2D eigenvalue weighted by Crippen LogP contribution is 2.32. The molecule has 2 aromatic rings. The summed E-state index contributed by atoms with van der Waals surface area (Å²) >= 11 is 0. The molecule has 0 radical (unpaired) electrons. The molecule has 0 bridgehead atoms. The van der Waals surface area contributed by atoms with Crippen molar-refractivity contribution in [1.82, 2.24) is 5.32 Å². The first-order valence-electron chi connectivity index (χ1n) is 9.29. The van der Waals surface area contributed by atoms with Crippen LogP contribution in [0.1, 0.15) is 22.8 Å². The second-order valence-corrected chi connectivity index (χ2v) is 6.75. The number of rotatable bonds is 5. The van der Waals surface area contributed by atoms with Crippen molar-refractivity contribution in [3.05, 3.63) is 53.6 Å². The summed E-state index contributed by atoms with van der Waals surface area (Å²) in [6.45, 7) is 1.85. The Balaban J connectivity index is 1.29. The summed E-state index contributed by atoms with van der Waals surface area (Å²) in [6.07, 6.45) is -0.176. The summed E-state index contributed by atoms with van der Waals surface area (Å²) < 4.78 is 15.6. The molecule has 2 aromatic carbocycles. The van der Waals surface area contributed by atoms with Crippen LogP contribution in [0, 0.1) is 0 Å². The lowest BCUT2D eigenvalue weighted by Gasteiger charge is -2.21. The number of esters is 1. The van der Waals surface area contributed by atoms with Gasteiger partial charge in [-0.05, 0) is 43.2 Å². The molecule has 0 saturated heterocycles. The van der Waals surface area contributed by atoms with Crippen molar-refractivity contribution >= 4 is 23.5 Å². The van der Waals surface area contributed by atoms with E-state index >= 15 is 0 Å². The minimum Gasteiger partial charge on any atom is -0.454 e. The largest absolute Gasteiger partial charge is 0.454 e. The Kier molecular flexibility index (Phi) is 5.07. The number of fused-ring (bicyclic) bond motifs is 2. The zero-order valence-electron chi connectivity index (χ0n) is 15.8. The van der Waals surface area contributed by atoms with Crippen LogP contribution < -0.4 is 19.7 Å². The van der Waals surface area contributed by atoms with Crippen LogP contribution in [0.3, 0.4) is 0 Å². The maximum Gasteiger partial charge on any atom is 0.326 e. The third kappa shape index (κ3) is 3.87. The predicted molar refractivity (Wildman–Crippen MR) is 103 cm³/mol. The van der Waals surface area contributed by atoms with Gasteiger partial charge in [0, 0.05) is 17.8 Å². The zero-order chi connectivity index (χ0) is 20.4. The van der Waals surface area contributed by atoms with Crippen molar-refractivity contribution in [1.29, 1.82) is 0 Å². The van der Waals surface area contributed by atoms with E-state index in [4.69, 9.17) is 14.2 Å². The van der Waals surface area contributed by atoms with Gasteiger partial charge in [0.25, 0.3) is 11.8 Å². The summed E-state index contributed by atoms with van der Waals surface area (Å²) in [5.74, 6) is -0.382. The lowest BCUT2D eigenvalue weighted by Crippen LogP contribution is -2.41. The number of ether oxygens (including phenoxy) is 3. The van der Waals surface area contributed by atoms with Crippen molar-refractivity contribution in [2.75, 3.05) is 24.8 Å². The highest BCUT2D eigenvalue weighted by Gasteiger charge is 2.29. The number of amides is 2. The van der Waals surface area contributed by atoms with E-state index in [1.165, 1.54) is 6.92 Å². The van der Waals surface area contributed by atoms with Crippen LogP contribution in [0.4, 0.5) is 5.69 Å².